The minimum atomic E-state index is 0.0220. The molecule has 2 aromatic rings. The molecule has 18 heavy (non-hydrogen) atoms. The average molecular weight is 355 g/mol. The summed E-state index contributed by atoms with van der Waals surface area (Å²) in [5.74, 6) is 0. The fourth-order valence-corrected chi connectivity index (χ4v) is 2.48. The van der Waals surface area contributed by atoms with E-state index in [2.05, 4.69) is 58.9 Å². The number of halogens is 1. The maximum absolute atomic E-state index is 6.30. The lowest BCUT2D eigenvalue weighted by Gasteiger charge is -2.11. The van der Waals surface area contributed by atoms with Gasteiger partial charge in [0, 0.05) is 28.4 Å². The molecule has 96 valence electrons. The van der Waals surface area contributed by atoms with Gasteiger partial charge in [-0.2, -0.15) is 5.10 Å². The lowest BCUT2D eigenvalue weighted by atomic mass is 9.99. The standard InChI is InChI=1S/C14H18IN3/c1-3-14-12(9-18(2)17-14)13(16)8-10-4-6-11(15)7-5-10/h4-7,9,13H,3,8,16H2,1-2H3. The normalized spacial score (nSPS) is 12.7. The van der Waals surface area contributed by atoms with E-state index in [1.54, 1.807) is 0 Å². The molecule has 0 aliphatic rings. The van der Waals surface area contributed by atoms with Crippen molar-refractivity contribution >= 4 is 22.6 Å². The first-order valence-corrected chi connectivity index (χ1v) is 7.20. The number of hydrogen-bond donors (Lipinski definition) is 1. The molecule has 0 radical (unpaired) electrons. The molecule has 0 spiro atoms. The summed E-state index contributed by atoms with van der Waals surface area (Å²) in [5.41, 5.74) is 9.84. The molecule has 2 rings (SSSR count). The molecule has 2 N–H and O–H groups in total. The fraction of sp³-hybridized carbons (Fsp3) is 0.357. The first-order chi connectivity index (χ1) is 8.60. The Kier molecular flexibility index (Phi) is 4.40. The monoisotopic (exact) mass is 355 g/mol. The van der Waals surface area contributed by atoms with E-state index in [4.69, 9.17) is 5.73 Å². The first-order valence-electron chi connectivity index (χ1n) is 6.12. The zero-order valence-corrected chi connectivity index (χ0v) is 12.9. The number of nitrogens with zero attached hydrogens (tertiary/aromatic N) is 2. The molecule has 1 aromatic heterocycles. The van der Waals surface area contributed by atoms with E-state index in [0.717, 1.165) is 18.5 Å². The zero-order valence-electron chi connectivity index (χ0n) is 10.7. The van der Waals surface area contributed by atoms with Crippen LogP contribution in [0.2, 0.25) is 0 Å². The van der Waals surface area contributed by atoms with Crippen LogP contribution in [0.4, 0.5) is 0 Å². The highest BCUT2D eigenvalue weighted by atomic mass is 127. The Morgan fingerprint density at radius 2 is 2.00 bits per heavy atom. The molecule has 1 aromatic carbocycles. The molecule has 1 unspecified atom stereocenters. The highest BCUT2D eigenvalue weighted by Gasteiger charge is 2.14. The van der Waals surface area contributed by atoms with Crippen LogP contribution in [-0.2, 0) is 19.9 Å². The lowest BCUT2D eigenvalue weighted by molar-refractivity contribution is 0.711. The molecule has 0 aliphatic heterocycles. The van der Waals surface area contributed by atoms with Gasteiger partial charge in [-0.05, 0) is 53.1 Å². The van der Waals surface area contributed by atoms with Crippen LogP contribution in [0.1, 0.15) is 29.8 Å². The van der Waals surface area contributed by atoms with Gasteiger partial charge in [-0.25, -0.2) is 0 Å². The predicted molar refractivity (Wildman–Crippen MR) is 82.4 cm³/mol. The quantitative estimate of drug-likeness (QED) is 0.858. The summed E-state index contributed by atoms with van der Waals surface area (Å²) >= 11 is 2.31. The van der Waals surface area contributed by atoms with Crippen LogP contribution >= 0.6 is 22.6 Å². The lowest BCUT2D eigenvalue weighted by Crippen LogP contribution is -2.14. The molecule has 4 heteroatoms. The van der Waals surface area contributed by atoms with E-state index in [1.165, 1.54) is 14.7 Å². The van der Waals surface area contributed by atoms with Crippen molar-refractivity contribution in [1.29, 1.82) is 0 Å². The third-order valence-electron chi connectivity index (χ3n) is 3.04. The largest absolute Gasteiger partial charge is 0.324 e. The molecule has 3 nitrogen and oxygen atoms in total. The van der Waals surface area contributed by atoms with Gasteiger partial charge in [0.25, 0.3) is 0 Å². The Labute approximate surface area is 122 Å². The van der Waals surface area contributed by atoms with Crippen molar-refractivity contribution in [3.05, 3.63) is 50.9 Å². The summed E-state index contributed by atoms with van der Waals surface area (Å²) in [6.07, 6.45) is 3.82. The third-order valence-corrected chi connectivity index (χ3v) is 3.76. The Morgan fingerprint density at radius 1 is 1.33 bits per heavy atom. The van der Waals surface area contributed by atoms with Gasteiger partial charge in [0.2, 0.25) is 0 Å². The van der Waals surface area contributed by atoms with Gasteiger partial charge in [0.15, 0.2) is 0 Å². The molecule has 0 aliphatic carbocycles. The minimum absolute atomic E-state index is 0.0220. The second-order valence-corrected chi connectivity index (χ2v) is 5.74. The van der Waals surface area contributed by atoms with E-state index in [9.17, 15) is 0 Å². The molecule has 1 atom stereocenters. The number of aryl methyl sites for hydroxylation is 2. The van der Waals surface area contributed by atoms with E-state index in [0.29, 0.717) is 0 Å². The van der Waals surface area contributed by atoms with Gasteiger partial charge in [0.1, 0.15) is 0 Å². The van der Waals surface area contributed by atoms with Crippen LogP contribution in [0.5, 0.6) is 0 Å². The van der Waals surface area contributed by atoms with E-state index in [1.807, 2.05) is 17.9 Å². The number of nitrogens with two attached hydrogens (primary N) is 1. The van der Waals surface area contributed by atoms with E-state index in [-0.39, 0.29) is 6.04 Å². The van der Waals surface area contributed by atoms with Gasteiger partial charge in [0.05, 0.1) is 5.69 Å². The second-order valence-electron chi connectivity index (χ2n) is 4.50. The van der Waals surface area contributed by atoms with Gasteiger partial charge < -0.3 is 5.73 Å². The maximum atomic E-state index is 6.30. The average Bonchev–Trinajstić information content (AvgIpc) is 2.73. The minimum Gasteiger partial charge on any atom is -0.324 e. The molecule has 0 saturated heterocycles. The SMILES string of the molecule is CCc1nn(C)cc1C(N)Cc1ccc(I)cc1. The van der Waals surface area contributed by atoms with Crippen LogP contribution in [-0.4, -0.2) is 9.78 Å². The van der Waals surface area contributed by atoms with Crippen LogP contribution in [0.15, 0.2) is 30.5 Å². The summed E-state index contributed by atoms with van der Waals surface area (Å²) in [5, 5.41) is 4.44. The van der Waals surface area contributed by atoms with Crippen LogP contribution in [0.25, 0.3) is 0 Å². The summed E-state index contributed by atoms with van der Waals surface area (Å²) < 4.78 is 3.10. The van der Waals surface area contributed by atoms with Crippen molar-refractivity contribution in [2.24, 2.45) is 12.8 Å². The van der Waals surface area contributed by atoms with Crippen molar-refractivity contribution < 1.29 is 0 Å². The Hall–Kier alpha value is -0.880. The van der Waals surface area contributed by atoms with Crippen LogP contribution < -0.4 is 5.73 Å². The first kappa shape index (κ1) is 13.5. The van der Waals surface area contributed by atoms with Crippen LogP contribution in [0, 0.1) is 3.57 Å². The number of benzene rings is 1. The van der Waals surface area contributed by atoms with Gasteiger partial charge >= 0.3 is 0 Å². The highest BCUT2D eigenvalue weighted by molar-refractivity contribution is 14.1. The van der Waals surface area contributed by atoms with E-state index < -0.39 is 0 Å². The number of rotatable bonds is 4. The molecule has 0 saturated carbocycles. The predicted octanol–water partition coefficient (Wildman–Crippen LogP) is 2.83. The summed E-state index contributed by atoms with van der Waals surface area (Å²) in [6.45, 7) is 2.11. The van der Waals surface area contributed by atoms with Crippen molar-refractivity contribution in [3.8, 4) is 0 Å². The Bertz CT molecular complexity index is 516. The molecule has 0 fully saturated rings. The van der Waals surface area contributed by atoms with Gasteiger partial charge in [-0.15, -0.1) is 0 Å². The number of hydrogen-bond acceptors (Lipinski definition) is 2. The van der Waals surface area contributed by atoms with Gasteiger partial charge in [-0.3, -0.25) is 4.68 Å². The maximum Gasteiger partial charge on any atom is 0.0669 e. The number of aromatic nitrogens is 2. The molecule has 0 amide bonds. The topological polar surface area (TPSA) is 43.8 Å². The summed E-state index contributed by atoms with van der Waals surface area (Å²) in [4.78, 5) is 0. The highest BCUT2D eigenvalue weighted by Crippen LogP contribution is 2.20. The molecule has 0 bridgehead atoms. The Balaban J connectivity index is 2.16. The second kappa shape index (κ2) is 5.84. The fourth-order valence-electron chi connectivity index (χ4n) is 2.12. The van der Waals surface area contributed by atoms with E-state index >= 15 is 0 Å². The Morgan fingerprint density at radius 3 is 2.61 bits per heavy atom. The van der Waals surface area contributed by atoms with Crippen LogP contribution in [0.3, 0.4) is 0 Å². The summed E-state index contributed by atoms with van der Waals surface area (Å²) in [6, 6.07) is 8.54. The third kappa shape index (κ3) is 3.11. The van der Waals surface area contributed by atoms with Crippen molar-refractivity contribution in [2.45, 2.75) is 25.8 Å². The van der Waals surface area contributed by atoms with Crippen molar-refractivity contribution in [1.82, 2.24) is 9.78 Å². The molecular weight excluding hydrogens is 337 g/mol. The summed E-state index contributed by atoms with van der Waals surface area (Å²) in [7, 11) is 1.94. The molecular formula is C14H18IN3. The van der Waals surface area contributed by atoms with Crippen molar-refractivity contribution in [3.63, 3.8) is 0 Å². The smallest absolute Gasteiger partial charge is 0.0669 e. The van der Waals surface area contributed by atoms with Crippen molar-refractivity contribution in [2.75, 3.05) is 0 Å². The molecule has 1 heterocycles. The van der Waals surface area contributed by atoms with Gasteiger partial charge in [-0.1, -0.05) is 19.1 Å². The zero-order chi connectivity index (χ0) is 13.1.